The first kappa shape index (κ1) is 20.5. The molecule has 2 aromatic carbocycles. The topological polar surface area (TPSA) is 129 Å². The van der Waals surface area contributed by atoms with E-state index in [1.807, 2.05) is 6.07 Å². The number of nitrogens with zero attached hydrogens (tertiary/aromatic N) is 2. The Hall–Kier alpha value is -4.19. The van der Waals surface area contributed by atoms with Crippen molar-refractivity contribution in [3.05, 3.63) is 65.2 Å². The van der Waals surface area contributed by atoms with E-state index in [0.717, 1.165) is 4.90 Å². The van der Waals surface area contributed by atoms with Crippen LogP contribution in [0.4, 0.5) is 10.5 Å². The molecule has 1 unspecified atom stereocenters. The van der Waals surface area contributed by atoms with Crippen LogP contribution >= 0.6 is 0 Å². The lowest BCUT2D eigenvalue weighted by Gasteiger charge is -2.22. The van der Waals surface area contributed by atoms with Crippen molar-refractivity contribution in [3.8, 4) is 6.07 Å². The summed E-state index contributed by atoms with van der Waals surface area (Å²) in [5, 5.41) is 14.1. The fourth-order valence-corrected chi connectivity index (χ4v) is 3.07. The van der Waals surface area contributed by atoms with Crippen molar-refractivity contribution in [3.63, 3.8) is 0 Å². The number of hydrogen-bond donors (Lipinski definition) is 2. The van der Waals surface area contributed by atoms with Crippen molar-refractivity contribution >= 4 is 29.5 Å². The van der Waals surface area contributed by atoms with E-state index in [4.69, 9.17) is 5.26 Å². The summed E-state index contributed by atoms with van der Waals surface area (Å²) in [7, 11) is 1.27. The lowest BCUT2D eigenvalue weighted by atomic mass is 9.91. The van der Waals surface area contributed by atoms with Gasteiger partial charge in [-0.15, -0.1) is 0 Å². The van der Waals surface area contributed by atoms with Gasteiger partial charge in [-0.25, -0.2) is 9.59 Å². The van der Waals surface area contributed by atoms with Crippen LogP contribution in [0.15, 0.2) is 48.5 Å². The van der Waals surface area contributed by atoms with Crippen LogP contribution in [0.1, 0.15) is 28.4 Å². The third-order valence-electron chi connectivity index (χ3n) is 4.76. The van der Waals surface area contributed by atoms with Gasteiger partial charge in [-0.1, -0.05) is 12.1 Å². The molecule has 1 aliphatic rings. The van der Waals surface area contributed by atoms with E-state index in [-0.39, 0.29) is 0 Å². The standard InChI is InChI=1S/C21H18N4O5/c1-21(15-7-3-13(11-22)4-8-15)19(28)25(20(29)24-21)12-17(26)23-16-9-5-14(6-10-16)18(27)30-2/h3-10H,12H2,1-2H3,(H,23,26)(H,24,29). The number of benzene rings is 2. The first-order valence-electron chi connectivity index (χ1n) is 8.91. The van der Waals surface area contributed by atoms with Crippen LogP contribution in [0.3, 0.4) is 0 Å². The van der Waals surface area contributed by atoms with Crippen molar-refractivity contribution in [2.45, 2.75) is 12.5 Å². The molecule has 1 saturated heterocycles. The van der Waals surface area contributed by atoms with Gasteiger partial charge >= 0.3 is 12.0 Å². The van der Waals surface area contributed by atoms with E-state index in [1.165, 1.54) is 38.3 Å². The molecule has 2 N–H and O–H groups in total. The number of esters is 1. The second-order valence-corrected chi connectivity index (χ2v) is 6.75. The third kappa shape index (κ3) is 3.84. The average Bonchev–Trinajstić information content (AvgIpc) is 2.97. The van der Waals surface area contributed by atoms with Gasteiger partial charge in [0.25, 0.3) is 5.91 Å². The molecule has 0 radical (unpaired) electrons. The summed E-state index contributed by atoms with van der Waals surface area (Å²) in [4.78, 5) is 49.9. The highest BCUT2D eigenvalue weighted by Gasteiger charge is 2.49. The zero-order chi connectivity index (χ0) is 21.9. The molecule has 1 heterocycles. The molecular weight excluding hydrogens is 388 g/mol. The van der Waals surface area contributed by atoms with Gasteiger partial charge in [0.2, 0.25) is 5.91 Å². The molecule has 1 atom stereocenters. The number of amides is 4. The van der Waals surface area contributed by atoms with Crippen LogP contribution in [0, 0.1) is 11.3 Å². The van der Waals surface area contributed by atoms with Crippen molar-refractivity contribution < 1.29 is 23.9 Å². The van der Waals surface area contributed by atoms with E-state index in [0.29, 0.717) is 22.4 Å². The minimum atomic E-state index is -1.34. The van der Waals surface area contributed by atoms with Gasteiger partial charge in [0.05, 0.1) is 24.3 Å². The highest BCUT2D eigenvalue weighted by atomic mass is 16.5. The van der Waals surface area contributed by atoms with Gasteiger partial charge in [-0.2, -0.15) is 5.26 Å². The fourth-order valence-electron chi connectivity index (χ4n) is 3.07. The molecule has 2 aromatic rings. The summed E-state index contributed by atoms with van der Waals surface area (Å²) in [6, 6.07) is 13.6. The van der Waals surface area contributed by atoms with Gasteiger partial charge in [0, 0.05) is 5.69 Å². The van der Waals surface area contributed by atoms with Crippen LogP contribution in [-0.4, -0.2) is 42.4 Å². The number of methoxy groups -OCH3 is 1. The van der Waals surface area contributed by atoms with Crippen LogP contribution in [-0.2, 0) is 19.9 Å². The number of urea groups is 1. The maximum Gasteiger partial charge on any atom is 0.337 e. The van der Waals surface area contributed by atoms with Crippen molar-refractivity contribution in [2.24, 2.45) is 0 Å². The molecule has 1 aliphatic heterocycles. The Balaban J connectivity index is 1.69. The van der Waals surface area contributed by atoms with E-state index >= 15 is 0 Å². The SMILES string of the molecule is COC(=O)c1ccc(NC(=O)CN2C(=O)NC(C)(c3ccc(C#N)cc3)C2=O)cc1. The molecule has 1 fully saturated rings. The van der Waals surface area contributed by atoms with Gasteiger partial charge in [-0.3, -0.25) is 14.5 Å². The van der Waals surface area contributed by atoms with Gasteiger partial charge in [0.1, 0.15) is 12.1 Å². The van der Waals surface area contributed by atoms with Crippen LogP contribution in [0.2, 0.25) is 0 Å². The molecular formula is C21H18N4O5. The Kier molecular flexibility index (Phi) is 5.51. The Morgan fingerprint density at radius 3 is 2.33 bits per heavy atom. The molecule has 30 heavy (non-hydrogen) atoms. The second-order valence-electron chi connectivity index (χ2n) is 6.75. The number of hydrogen-bond acceptors (Lipinski definition) is 6. The second kappa shape index (κ2) is 8.05. The Labute approximate surface area is 172 Å². The summed E-state index contributed by atoms with van der Waals surface area (Å²) in [5.74, 6) is -1.66. The monoisotopic (exact) mass is 406 g/mol. The van der Waals surface area contributed by atoms with Crippen molar-refractivity contribution in [2.75, 3.05) is 19.0 Å². The first-order chi connectivity index (χ1) is 14.3. The molecule has 9 nitrogen and oxygen atoms in total. The third-order valence-corrected chi connectivity index (χ3v) is 4.76. The van der Waals surface area contributed by atoms with Crippen molar-refractivity contribution in [1.29, 1.82) is 5.26 Å². The molecule has 4 amide bonds. The van der Waals surface area contributed by atoms with E-state index in [2.05, 4.69) is 15.4 Å². The smallest absolute Gasteiger partial charge is 0.337 e. The van der Waals surface area contributed by atoms with Gasteiger partial charge in [-0.05, 0) is 48.9 Å². The minimum absolute atomic E-state index is 0.322. The Morgan fingerprint density at radius 1 is 1.13 bits per heavy atom. The predicted octanol–water partition coefficient (Wildman–Crippen LogP) is 1.75. The number of nitrogens with one attached hydrogen (secondary N) is 2. The van der Waals surface area contributed by atoms with E-state index in [9.17, 15) is 19.2 Å². The lowest BCUT2D eigenvalue weighted by molar-refractivity contribution is -0.133. The van der Waals surface area contributed by atoms with Crippen LogP contribution in [0.5, 0.6) is 0 Å². The highest BCUT2D eigenvalue weighted by molar-refractivity contribution is 6.10. The van der Waals surface area contributed by atoms with Gasteiger partial charge < -0.3 is 15.4 Å². The molecule has 9 heteroatoms. The number of carbonyl (C=O) groups is 4. The summed E-state index contributed by atoms with van der Waals surface area (Å²) < 4.78 is 4.61. The molecule has 152 valence electrons. The lowest BCUT2D eigenvalue weighted by Crippen LogP contribution is -2.42. The summed E-state index contributed by atoms with van der Waals surface area (Å²) in [5.41, 5.74) is 0.306. The number of nitriles is 1. The van der Waals surface area contributed by atoms with E-state index in [1.54, 1.807) is 24.3 Å². The average molecular weight is 406 g/mol. The van der Waals surface area contributed by atoms with E-state index < -0.39 is 35.9 Å². The largest absolute Gasteiger partial charge is 0.465 e. The number of ether oxygens (including phenoxy) is 1. The molecule has 0 bridgehead atoms. The fraction of sp³-hybridized carbons (Fsp3) is 0.190. The first-order valence-corrected chi connectivity index (χ1v) is 8.91. The highest BCUT2D eigenvalue weighted by Crippen LogP contribution is 2.29. The molecule has 3 rings (SSSR count). The Bertz CT molecular complexity index is 1060. The number of anilines is 1. The molecule has 0 spiro atoms. The molecule has 0 saturated carbocycles. The quantitative estimate of drug-likeness (QED) is 0.575. The summed E-state index contributed by atoms with van der Waals surface area (Å²) >= 11 is 0. The normalized spacial score (nSPS) is 17.8. The maximum atomic E-state index is 12.9. The molecule has 0 aromatic heterocycles. The molecule has 0 aliphatic carbocycles. The number of carbonyl (C=O) groups excluding carboxylic acids is 4. The van der Waals surface area contributed by atoms with Crippen LogP contribution < -0.4 is 10.6 Å². The van der Waals surface area contributed by atoms with Crippen LogP contribution in [0.25, 0.3) is 0 Å². The zero-order valence-electron chi connectivity index (χ0n) is 16.3. The summed E-state index contributed by atoms with van der Waals surface area (Å²) in [6.45, 7) is 1.06. The number of imide groups is 1. The minimum Gasteiger partial charge on any atom is -0.465 e. The number of rotatable bonds is 5. The zero-order valence-corrected chi connectivity index (χ0v) is 16.3. The van der Waals surface area contributed by atoms with Crippen molar-refractivity contribution in [1.82, 2.24) is 10.2 Å². The Morgan fingerprint density at radius 2 is 1.77 bits per heavy atom. The summed E-state index contributed by atoms with van der Waals surface area (Å²) in [6.07, 6.45) is 0. The van der Waals surface area contributed by atoms with Gasteiger partial charge in [0.15, 0.2) is 0 Å². The maximum absolute atomic E-state index is 12.9. The predicted molar refractivity (Wildman–Crippen MR) is 105 cm³/mol.